The minimum atomic E-state index is -2.87. The first-order chi connectivity index (χ1) is 8.33. The van der Waals surface area contributed by atoms with Crippen molar-refractivity contribution in [3.63, 3.8) is 0 Å². The number of alkyl halides is 2. The molecule has 0 aliphatic rings. The van der Waals surface area contributed by atoms with E-state index in [1.165, 1.54) is 6.07 Å². The summed E-state index contributed by atoms with van der Waals surface area (Å²) in [6.45, 7) is 7.15. The lowest BCUT2D eigenvalue weighted by Gasteiger charge is -2.21. The highest BCUT2D eigenvalue weighted by Crippen LogP contribution is 2.34. The second kappa shape index (κ2) is 5.85. The first-order valence-electron chi connectivity index (χ1n) is 5.66. The summed E-state index contributed by atoms with van der Waals surface area (Å²) in [5, 5.41) is 0. The molecule has 1 rings (SSSR count). The minimum Gasteiger partial charge on any atom is -0.489 e. The Labute approximate surface area is 106 Å². The molecule has 0 bridgehead atoms. The van der Waals surface area contributed by atoms with Gasteiger partial charge in [-0.3, -0.25) is 0 Å². The maximum atomic E-state index is 12.3. The molecule has 0 spiro atoms. The summed E-state index contributed by atoms with van der Waals surface area (Å²) < 4.78 is 34.7. The Morgan fingerprint density at radius 1 is 1.33 bits per heavy atom. The third kappa shape index (κ3) is 4.35. The van der Waals surface area contributed by atoms with Crippen LogP contribution in [0.15, 0.2) is 24.8 Å². The molecule has 1 aromatic rings. The average Bonchev–Trinajstić information content (AvgIpc) is 2.25. The number of para-hydroxylation sites is 1. The van der Waals surface area contributed by atoms with Gasteiger partial charge in [0.25, 0.3) is 0 Å². The molecule has 0 aromatic heterocycles. The third-order valence-electron chi connectivity index (χ3n) is 2.09. The van der Waals surface area contributed by atoms with Crippen LogP contribution in [-0.2, 0) is 0 Å². The fourth-order valence-corrected chi connectivity index (χ4v) is 1.33. The fraction of sp³-hybridized carbons (Fsp3) is 0.429. The van der Waals surface area contributed by atoms with Gasteiger partial charge in [0.15, 0.2) is 11.5 Å². The van der Waals surface area contributed by atoms with E-state index in [2.05, 4.69) is 11.3 Å². The van der Waals surface area contributed by atoms with Crippen LogP contribution in [0.3, 0.4) is 0 Å². The van der Waals surface area contributed by atoms with Crippen molar-refractivity contribution in [3.8, 4) is 11.5 Å². The number of rotatable bonds is 5. The molecule has 4 heteroatoms. The van der Waals surface area contributed by atoms with Gasteiger partial charge < -0.3 is 9.47 Å². The topological polar surface area (TPSA) is 18.5 Å². The van der Waals surface area contributed by atoms with Crippen molar-refractivity contribution in [2.45, 2.75) is 27.4 Å². The molecule has 0 amide bonds. The predicted octanol–water partition coefficient (Wildman–Crippen LogP) is 4.36. The molecule has 100 valence electrons. The van der Waals surface area contributed by atoms with Crippen LogP contribution in [0.5, 0.6) is 11.5 Å². The van der Waals surface area contributed by atoms with Crippen LogP contribution in [0.4, 0.5) is 8.78 Å². The van der Waals surface area contributed by atoms with Crippen LogP contribution in [0.25, 0.3) is 6.08 Å². The van der Waals surface area contributed by atoms with Crippen molar-refractivity contribution in [2.24, 2.45) is 5.41 Å². The smallest absolute Gasteiger partial charge is 0.387 e. The van der Waals surface area contributed by atoms with E-state index in [4.69, 9.17) is 4.74 Å². The molecule has 0 aliphatic carbocycles. The Morgan fingerprint density at radius 3 is 2.50 bits per heavy atom. The molecule has 0 atom stereocenters. The molecule has 2 nitrogen and oxygen atoms in total. The predicted molar refractivity (Wildman–Crippen MR) is 68.1 cm³/mol. The van der Waals surface area contributed by atoms with Crippen LogP contribution in [0.2, 0.25) is 0 Å². The number of benzene rings is 1. The van der Waals surface area contributed by atoms with Gasteiger partial charge >= 0.3 is 6.61 Å². The molecule has 0 unspecified atom stereocenters. The Balaban J connectivity index is 3.00. The maximum Gasteiger partial charge on any atom is 0.387 e. The molecule has 18 heavy (non-hydrogen) atoms. The highest BCUT2D eigenvalue weighted by Gasteiger charge is 2.17. The van der Waals surface area contributed by atoms with E-state index in [-0.39, 0.29) is 11.2 Å². The van der Waals surface area contributed by atoms with Crippen LogP contribution >= 0.6 is 0 Å². The van der Waals surface area contributed by atoms with Crippen LogP contribution in [0, 0.1) is 5.41 Å². The van der Waals surface area contributed by atoms with Gasteiger partial charge in [0, 0.05) is 5.56 Å². The van der Waals surface area contributed by atoms with Gasteiger partial charge in [-0.2, -0.15) is 8.78 Å². The van der Waals surface area contributed by atoms with Crippen LogP contribution in [0.1, 0.15) is 26.3 Å². The molecule has 0 saturated carbocycles. The molecular weight excluding hydrogens is 238 g/mol. The number of hydrogen-bond donors (Lipinski definition) is 0. The number of halogens is 2. The summed E-state index contributed by atoms with van der Waals surface area (Å²) in [6.07, 6.45) is 1.55. The standard InChI is InChI=1S/C14H18F2O2/c1-5-10-7-6-8-11(18-13(15)16)12(10)17-9-14(2,3)4/h5-8,13H,1,9H2,2-4H3. The Bertz CT molecular complexity index is 409. The monoisotopic (exact) mass is 256 g/mol. The first-order valence-corrected chi connectivity index (χ1v) is 5.66. The molecular formula is C14H18F2O2. The Kier molecular flexibility index (Phi) is 4.70. The third-order valence-corrected chi connectivity index (χ3v) is 2.09. The zero-order valence-corrected chi connectivity index (χ0v) is 10.9. The van der Waals surface area contributed by atoms with Crippen molar-refractivity contribution in [2.75, 3.05) is 6.61 Å². The Morgan fingerprint density at radius 2 is 2.00 bits per heavy atom. The van der Waals surface area contributed by atoms with Gasteiger partial charge in [-0.15, -0.1) is 0 Å². The summed E-state index contributed by atoms with van der Waals surface area (Å²) in [5.74, 6) is 0.342. The second-order valence-corrected chi connectivity index (χ2v) is 5.11. The van der Waals surface area contributed by atoms with Gasteiger partial charge in [0.2, 0.25) is 0 Å². The lowest BCUT2D eigenvalue weighted by atomic mass is 9.98. The lowest BCUT2D eigenvalue weighted by Crippen LogP contribution is -2.18. The quantitative estimate of drug-likeness (QED) is 0.779. The summed E-state index contributed by atoms with van der Waals surface area (Å²) in [4.78, 5) is 0. The molecule has 0 heterocycles. The SMILES string of the molecule is C=Cc1cccc(OC(F)F)c1OCC(C)(C)C. The van der Waals surface area contributed by atoms with E-state index in [1.807, 2.05) is 20.8 Å². The summed E-state index contributed by atoms with van der Waals surface area (Å²) in [6, 6.07) is 4.82. The first kappa shape index (κ1) is 14.5. The van der Waals surface area contributed by atoms with Gasteiger partial charge in [0.05, 0.1) is 6.61 Å². The largest absolute Gasteiger partial charge is 0.489 e. The molecule has 0 radical (unpaired) electrons. The second-order valence-electron chi connectivity index (χ2n) is 5.11. The van der Waals surface area contributed by atoms with E-state index in [1.54, 1.807) is 18.2 Å². The van der Waals surface area contributed by atoms with E-state index >= 15 is 0 Å². The van der Waals surface area contributed by atoms with Crippen molar-refractivity contribution in [1.29, 1.82) is 0 Å². The van der Waals surface area contributed by atoms with Gasteiger partial charge in [-0.1, -0.05) is 45.6 Å². The van der Waals surface area contributed by atoms with Crippen LogP contribution < -0.4 is 9.47 Å². The normalized spacial score (nSPS) is 11.4. The zero-order chi connectivity index (χ0) is 13.8. The van der Waals surface area contributed by atoms with Crippen molar-refractivity contribution in [1.82, 2.24) is 0 Å². The van der Waals surface area contributed by atoms with Crippen molar-refractivity contribution < 1.29 is 18.3 Å². The summed E-state index contributed by atoms with van der Waals surface area (Å²) in [5.41, 5.74) is 0.563. The average molecular weight is 256 g/mol. The van der Waals surface area contributed by atoms with E-state index in [9.17, 15) is 8.78 Å². The van der Waals surface area contributed by atoms with Crippen molar-refractivity contribution >= 4 is 6.08 Å². The van der Waals surface area contributed by atoms with Gasteiger partial charge in [-0.05, 0) is 11.5 Å². The summed E-state index contributed by atoms with van der Waals surface area (Å²) in [7, 11) is 0. The van der Waals surface area contributed by atoms with Gasteiger partial charge in [-0.25, -0.2) is 0 Å². The molecule has 0 fully saturated rings. The van der Waals surface area contributed by atoms with Crippen molar-refractivity contribution in [3.05, 3.63) is 30.3 Å². The molecule has 0 saturated heterocycles. The summed E-state index contributed by atoms with van der Waals surface area (Å²) >= 11 is 0. The molecule has 1 aromatic carbocycles. The van der Waals surface area contributed by atoms with Gasteiger partial charge in [0.1, 0.15) is 0 Å². The number of ether oxygens (including phenoxy) is 2. The van der Waals surface area contributed by atoms with E-state index < -0.39 is 6.61 Å². The maximum absolute atomic E-state index is 12.3. The highest BCUT2D eigenvalue weighted by atomic mass is 19.3. The van der Waals surface area contributed by atoms with E-state index in [0.29, 0.717) is 17.9 Å². The Hall–Kier alpha value is -1.58. The van der Waals surface area contributed by atoms with Crippen LogP contribution in [-0.4, -0.2) is 13.2 Å². The molecule has 0 N–H and O–H groups in total. The highest BCUT2D eigenvalue weighted by molar-refractivity contribution is 5.61. The molecule has 0 aliphatic heterocycles. The lowest BCUT2D eigenvalue weighted by molar-refractivity contribution is -0.0517. The number of hydrogen-bond acceptors (Lipinski definition) is 2. The zero-order valence-electron chi connectivity index (χ0n) is 10.9. The fourth-order valence-electron chi connectivity index (χ4n) is 1.33. The van der Waals surface area contributed by atoms with E-state index in [0.717, 1.165) is 0 Å². The minimum absolute atomic E-state index is 0.0339.